The summed E-state index contributed by atoms with van der Waals surface area (Å²) >= 11 is 1.03. The van der Waals surface area contributed by atoms with Crippen LogP contribution in [0, 0.1) is 21.7 Å². The molecule has 0 aliphatic heterocycles. The second-order valence-electron chi connectivity index (χ2n) is 6.93. The van der Waals surface area contributed by atoms with Gasteiger partial charge in [-0.25, -0.2) is 13.8 Å². The Morgan fingerprint density at radius 3 is 2.62 bits per heavy atom. The number of fused-ring (bicyclic) bond motifs is 1. The van der Waals surface area contributed by atoms with Crippen molar-refractivity contribution < 1.29 is 18.5 Å². The molecule has 1 heterocycles. The molecule has 0 atom stereocenters. The number of amides is 1. The van der Waals surface area contributed by atoms with E-state index in [-0.39, 0.29) is 16.3 Å². The molecule has 0 N–H and O–H groups in total. The Kier molecular flexibility index (Phi) is 7.60. The van der Waals surface area contributed by atoms with Gasteiger partial charge >= 0.3 is 0 Å². The summed E-state index contributed by atoms with van der Waals surface area (Å²) in [4.78, 5) is 31.3. The van der Waals surface area contributed by atoms with Crippen molar-refractivity contribution in [3.63, 3.8) is 0 Å². The van der Waals surface area contributed by atoms with Gasteiger partial charge in [0, 0.05) is 37.4 Å². The fourth-order valence-electron chi connectivity index (χ4n) is 3.14. The monoisotopic (exact) mass is 460 g/mol. The fourth-order valence-corrected chi connectivity index (χ4v) is 4.18. The quantitative estimate of drug-likeness (QED) is 0.259. The summed E-state index contributed by atoms with van der Waals surface area (Å²) in [7, 11) is 0. The number of likely N-dealkylation sites (N-methyl/N-ethyl adjacent to an activating group) is 1. The van der Waals surface area contributed by atoms with Crippen LogP contribution in [-0.4, -0.2) is 46.9 Å². The van der Waals surface area contributed by atoms with Gasteiger partial charge in [0.25, 0.3) is 11.6 Å². The molecule has 0 unspecified atom stereocenters. The van der Waals surface area contributed by atoms with Gasteiger partial charge in [0.15, 0.2) is 10.9 Å². The summed E-state index contributed by atoms with van der Waals surface area (Å²) in [6.45, 7) is 6.46. The predicted octanol–water partition coefficient (Wildman–Crippen LogP) is 4.87. The first-order valence-corrected chi connectivity index (χ1v) is 10.9. The van der Waals surface area contributed by atoms with Crippen LogP contribution >= 0.6 is 11.3 Å². The van der Waals surface area contributed by atoms with Gasteiger partial charge < -0.3 is 4.90 Å². The number of benzene rings is 2. The molecule has 1 aromatic heterocycles. The summed E-state index contributed by atoms with van der Waals surface area (Å²) in [6, 6.07) is 7.85. The Bertz CT molecular complexity index is 1160. The van der Waals surface area contributed by atoms with Crippen LogP contribution in [0.25, 0.3) is 16.3 Å². The zero-order valence-electron chi connectivity index (χ0n) is 17.6. The number of thiazole rings is 1. The van der Waals surface area contributed by atoms with E-state index in [4.69, 9.17) is 0 Å². The number of aromatic nitrogens is 1. The smallest absolute Gasteiger partial charge is 0.270 e. The van der Waals surface area contributed by atoms with Crippen molar-refractivity contribution >= 4 is 44.4 Å². The summed E-state index contributed by atoms with van der Waals surface area (Å²) < 4.78 is 28.1. The number of nitro benzene ring substituents is 1. The van der Waals surface area contributed by atoms with E-state index in [1.807, 2.05) is 13.8 Å². The van der Waals surface area contributed by atoms with Crippen molar-refractivity contribution in [2.75, 3.05) is 31.1 Å². The van der Waals surface area contributed by atoms with Gasteiger partial charge in [-0.3, -0.25) is 19.8 Å². The van der Waals surface area contributed by atoms with Crippen LogP contribution in [0.3, 0.4) is 0 Å². The van der Waals surface area contributed by atoms with Crippen molar-refractivity contribution in [1.82, 2.24) is 9.88 Å². The highest BCUT2D eigenvalue weighted by Gasteiger charge is 2.20. The fraction of sp³-hybridized carbons (Fsp3) is 0.273. The number of nitrogens with zero attached hydrogens (tertiary/aromatic N) is 4. The molecule has 3 rings (SSSR count). The van der Waals surface area contributed by atoms with Crippen molar-refractivity contribution in [3.8, 4) is 0 Å². The van der Waals surface area contributed by atoms with Gasteiger partial charge in [-0.05, 0) is 30.8 Å². The summed E-state index contributed by atoms with van der Waals surface area (Å²) in [5.74, 6) is -1.91. The molecule has 7 nitrogen and oxygen atoms in total. The molecule has 0 aliphatic carbocycles. The van der Waals surface area contributed by atoms with Gasteiger partial charge in [-0.2, -0.15) is 0 Å². The highest BCUT2D eigenvalue weighted by Crippen LogP contribution is 2.31. The SMILES string of the molecule is CCN(CC)CCN(C(=O)/C=C/c1cccc([N+](=O)[O-])c1)c1nc2c(F)cc(F)cc2s1. The van der Waals surface area contributed by atoms with E-state index in [2.05, 4.69) is 9.88 Å². The molecule has 3 aromatic rings. The van der Waals surface area contributed by atoms with E-state index < -0.39 is 22.5 Å². The average Bonchev–Trinajstić information content (AvgIpc) is 3.19. The summed E-state index contributed by atoms with van der Waals surface area (Å²) in [5, 5.41) is 11.2. The van der Waals surface area contributed by atoms with E-state index in [1.165, 1.54) is 41.3 Å². The molecule has 1 amide bonds. The number of halogens is 2. The van der Waals surface area contributed by atoms with E-state index in [9.17, 15) is 23.7 Å². The van der Waals surface area contributed by atoms with Crippen molar-refractivity contribution in [3.05, 3.63) is 69.8 Å². The maximum atomic E-state index is 14.1. The maximum Gasteiger partial charge on any atom is 0.270 e. The minimum absolute atomic E-state index is 0.00898. The number of carbonyl (C=O) groups is 1. The lowest BCUT2D eigenvalue weighted by Crippen LogP contribution is -2.38. The number of nitro groups is 1. The first-order valence-electron chi connectivity index (χ1n) is 10.0. The zero-order chi connectivity index (χ0) is 23.3. The lowest BCUT2D eigenvalue weighted by atomic mass is 10.2. The van der Waals surface area contributed by atoms with E-state index in [1.54, 1.807) is 6.07 Å². The second kappa shape index (κ2) is 10.4. The van der Waals surface area contributed by atoms with Crippen LogP contribution in [-0.2, 0) is 4.79 Å². The number of rotatable bonds is 9. The lowest BCUT2D eigenvalue weighted by Gasteiger charge is -2.23. The highest BCUT2D eigenvalue weighted by atomic mass is 32.1. The highest BCUT2D eigenvalue weighted by molar-refractivity contribution is 7.22. The molecule has 0 aliphatic rings. The Labute approximate surface area is 187 Å². The topological polar surface area (TPSA) is 79.6 Å². The average molecular weight is 461 g/mol. The Morgan fingerprint density at radius 2 is 1.94 bits per heavy atom. The van der Waals surface area contributed by atoms with Gasteiger partial charge in [-0.1, -0.05) is 37.3 Å². The molecular formula is C22H22F2N4O3S. The minimum atomic E-state index is -0.786. The van der Waals surface area contributed by atoms with Crippen LogP contribution in [0.2, 0.25) is 0 Å². The number of hydrogen-bond donors (Lipinski definition) is 0. The second-order valence-corrected chi connectivity index (χ2v) is 7.94. The van der Waals surface area contributed by atoms with E-state index in [0.29, 0.717) is 23.4 Å². The molecule has 0 bridgehead atoms. The Hall–Kier alpha value is -3.24. The molecule has 0 fully saturated rings. The molecule has 0 radical (unpaired) electrons. The van der Waals surface area contributed by atoms with Crippen LogP contribution in [0.4, 0.5) is 19.6 Å². The Balaban J connectivity index is 1.91. The third kappa shape index (κ3) is 5.51. The molecular weight excluding hydrogens is 438 g/mol. The minimum Gasteiger partial charge on any atom is -0.302 e. The number of carbonyl (C=O) groups excluding carboxylic acids is 1. The van der Waals surface area contributed by atoms with Crippen LogP contribution in [0.5, 0.6) is 0 Å². The molecule has 0 saturated carbocycles. The van der Waals surface area contributed by atoms with Crippen LogP contribution in [0.1, 0.15) is 19.4 Å². The van der Waals surface area contributed by atoms with Gasteiger partial charge in [0.05, 0.1) is 9.62 Å². The lowest BCUT2D eigenvalue weighted by molar-refractivity contribution is -0.384. The van der Waals surface area contributed by atoms with Gasteiger partial charge in [0.2, 0.25) is 0 Å². The summed E-state index contributed by atoms with van der Waals surface area (Å²) in [5.41, 5.74) is 0.421. The first kappa shape index (κ1) is 23.4. The molecule has 0 saturated heterocycles. The predicted molar refractivity (Wildman–Crippen MR) is 122 cm³/mol. The van der Waals surface area contributed by atoms with Crippen LogP contribution in [0.15, 0.2) is 42.5 Å². The van der Waals surface area contributed by atoms with E-state index >= 15 is 0 Å². The summed E-state index contributed by atoms with van der Waals surface area (Å²) in [6.07, 6.45) is 2.78. The first-order chi connectivity index (χ1) is 15.3. The van der Waals surface area contributed by atoms with Crippen molar-refractivity contribution in [2.45, 2.75) is 13.8 Å². The number of non-ortho nitro benzene ring substituents is 1. The normalized spacial score (nSPS) is 11.5. The van der Waals surface area contributed by atoms with Crippen molar-refractivity contribution in [1.29, 1.82) is 0 Å². The van der Waals surface area contributed by atoms with Crippen LogP contribution < -0.4 is 4.90 Å². The molecule has 0 spiro atoms. The number of hydrogen-bond acceptors (Lipinski definition) is 6. The standard InChI is InChI=1S/C22H22F2N4O3S/c1-3-26(4-2)10-11-27(22-25-21-18(24)13-16(23)14-19(21)32-22)20(29)9-8-15-6-5-7-17(12-15)28(30)31/h5-9,12-14H,3-4,10-11H2,1-2H3/b9-8+. The number of anilines is 1. The molecule has 10 heteroatoms. The van der Waals surface area contributed by atoms with Gasteiger partial charge in [0.1, 0.15) is 11.3 Å². The third-order valence-corrected chi connectivity index (χ3v) is 5.96. The maximum absolute atomic E-state index is 14.1. The van der Waals surface area contributed by atoms with E-state index in [0.717, 1.165) is 30.5 Å². The zero-order valence-corrected chi connectivity index (χ0v) is 18.4. The molecule has 168 valence electrons. The molecule has 2 aromatic carbocycles. The largest absolute Gasteiger partial charge is 0.302 e. The third-order valence-electron chi connectivity index (χ3n) is 4.93. The van der Waals surface area contributed by atoms with Crippen molar-refractivity contribution in [2.24, 2.45) is 0 Å². The Morgan fingerprint density at radius 1 is 1.19 bits per heavy atom. The van der Waals surface area contributed by atoms with Gasteiger partial charge in [-0.15, -0.1) is 0 Å². The molecule has 32 heavy (non-hydrogen) atoms.